The van der Waals surface area contributed by atoms with Crippen LogP contribution in [-0.2, 0) is 28.4 Å². The van der Waals surface area contributed by atoms with Crippen molar-refractivity contribution in [1.82, 2.24) is 18.7 Å². The number of halogens is 2. The topological polar surface area (TPSA) is 69.4 Å². The Morgan fingerprint density at radius 2 is 1.71 bits per heavy atom. The van der Waals surface area contributed by atoms with Gasteiger partial charge in [-0.1, -0.05) is 12.1 Å². The molecule has 1 aliphatic heterocycles. The molecular formula is C31H30F2N4O3S. The van der Waals surface area contributed by atoms with Crippen molar-refractivity contribution in [2.45, 2.75) is 36.6 Å². The first-order valence-corrected chi connectivity index (χ1v) is 14.9. The van der Waals surface area contributed by atoms with Gasteiger partial charge in [0, 0.05) is 54.5 Å². The fourth-order valence-corrected chi connectivity index (χ4v) is 7.38. The molecule has 212 valence electrons. The number of nitrogens with zero attached hydrogens (tertiary/aromatic N) is 4. The highest BCUT2D eigenvalue weighted by molar-refractivity contribution is 7.89. The maximum Gasteiger partial charge on any atom is 0.244 e. The van der Waals surface area contributed by atoms with Gasteiger partial charge in [0.25, 0.3) is 0 Å². The summed E-state index contributed by atoms with van der Waals surface area (Å²) in [6, 6.07) is 18.0. The van der Waals surface area contributed by atoms with E-state index in [0.717, 1.165) is 22.0 Å². The smallest absolute Gasteiger partial charge is 0.244 e. The summed E-state index contributed by atoms with van der Waals surface area (Å²) in [5.74, 6) is -0.0641. The van der Waals surface area contributed by atoms with Crippen molar-refractivity contribution in [2.24, 2.45) is 0 Å². The molecule has 3 heterocycles. The molecule has 1 fully saturated rings. The van der Waals surface area contributed by atoms with Crippen LogP contribution in [0.4, 0.5) is 8.78 Å². The highest BCUT2D eigenvalue weighted by Crippen LogP contribution is 2.45. The van der Waals surface area contributed by atoms with E-state index in [-0.39, 0.29) is 23.1 Å². The van der Waals surface area contributed by atoms with Gasteiger partial charge in [0.15, 0.2) is 0 Å². The molecule has 1 saturated heterocycles. The molecule has 10 heteroatoms. The van der Waals surface area contributed by atoms with Crippen LogP contribution in [0.25, 0.3) is 16.6 Å². The molecule has 0 spiro atoms. The minimum absolute atomic E-state index is 0.234. The van der Waals surface area contributed by atoms with E-state index < -0.39 is 15.4 Å². The molecule has 0 aliphatic carbocycles. The molecule has 0 radical (unpaired) electrons. The highest BCUT2D eigenvalue weighted by Gasteiger charge is 2.46. The summed E-state index contributed by atoms with van der Waals surface area (Å²) in [6.07, 6.45) is 6.20. The van der Waals surface area contributed by atoms with E-state index in [1.807, 2.05) is 23.6 Å². The zero-order valence-corrected chi connectivity index (χ0v) is 23.6. The largest absolute Gasteiger partial charge is 0.496 e. The Morgan fingerprint density at radius 1 is 1.00 bits per heavy atom. The van der Waals surface area contributed by atoms with Crippen LogP contribution in [0.15, 0.2) is 90.2 Å². The van der Waals surface area contributed by atoms with Gasteiger partial charge in [0.2, 0.25) is 10.0 Å². The third-order valence-electron chi connectivity index (χ3n) is 8.03. The van der Waals surface area contributed by atoms with Gasteiger partial charge in [-0.05, 0) is 73.9 Å². The van der Waals surface area contributed by atoms with Crippen molar-refractivity contribution in [3.8, 4) is 11.4 Å². The summed E-state index contributed by atoms with van der Waals surface area (Å²) in [5.41, 5.74) is 2.59. The first-order chi connectivity index (χ1) is 19.7. The first-order valence-electron chi connectivity index (χ1n) is 13.4. The zero-order valence-electron chi connectivity index (χ0n) is 22.8. The van der Waals surface area contributed by atoms with Gasteiger partial charge in [-0.25, -0.2) is 21.9 Å². The lowest BCUT2D eigenvalue weighted by Gasteiger charge is -2.32. The Kier molecular flexibility index (Phi) is 6.91. The van der Waals surface area contributed by atoms with E-state index in [2.05, 4.69) is 5.10 Å². The molecule has 0 bridgehead atoms. The predicted molar refractivity (Wildman–Crippen MR) is 153 cm³/mol. The minimum atomic E-state index is -3.74. The number of aromatic nitrogens is 3. The minimum Gasteiger partial charge on any atom is -0.496 e. The van der Waals surface area contributed by atoms with Crippen molar-refractivity contribution in [3.05, 3.63) is 108 Å². The summed E-state index contributed by atoms with van der Waals surface area (Å²) in [4.78, 5) is 0.264. The third kappa shape index (κ3) is 4.91. The molecular weight excluding hydrogens is 546 g/mol. The Labute approximate surface area is 237 Å². The van der Waals surface area contributed by atoms with Crippen LogP contribution >= 0.6 is 0 Å². The number of methoxy groups -OCH3 is 1. The maximum atomic E-state index is 13.8. The van der Waals surface area contributed by atoms with E-state index in [4.69, 9.17) is 4.74 Å². The van der Waals surface area contributed by atoms with E-state index in [0.29, 0.717) is 37.4 Å². The number of aryl methyl sites for hydroxylation is 1. The Balaban J connectivity index is 1.45. The predicted octanol–water partition coefficient (Wildman–Crippen LogP) is 5.71. The second-order valence-electron chi connectivity index (χ2n) is 10.5. The second-order valence-corrected chi connectivity index (χ2v) is 12.4. The van der Waals surface area contributed by atoms with Crippen LogP contribution in [0.2, 0.25) is 0 Å². The zero-order chi connectivity index (χ0) is 28.8. The van der Waals surface area contributed by atoms with Crippen LogP contribution in [0.5, 0.6) is 5.75 Å². The summed E-state index contributed by atoms with van der Waals surface area (Å²) >= 11 is 0. The van der Waals surface area contributed by atoms with Crippen molar-refractivity contribution < 1.29 is 21.9 Å². The average molecular weight is 577 g/mol. The Morgan fingerprint density at radius 3 is 2.37 bits per heavy atom. The molecule has 5 aromatic rings. The number of hydrogen-bond acceptors (Lipinski definition) is 4. The Bertz CT molecular complexity index is 1810. The van der Waals surface area contributed by atoms with Gasteiger partial charge < -0.3 is 9.30 Å². The molecule has 41 heavy (non-hydrogen) atoms. The van der Waals surface area contributed by atoms with Gasteiger partial charge in [-0.2, -0.15) is 9.40 Å². The first kappa shape index (κ1) is 27.2. The lowest BCUT2D eigenvalue weighted by atomic mass is 9.74. The van der Waals surface area contributed by atoms with Crippen LogP contribution in [0.3, 0.4) is 0 Å². The van der Waals surface area contributed by atoms with E-state index in [1.165, 1.54) is 28.6 Å². The van der Waals surface area contributed by atoms with Gasteiger partial charge in [0.1, 0.15) is 17.4 Å². The van der Waals surface area contributed by atoms with Crippen molar-refractivity contribution >= 4 is 20.9 Å². The summed E-state index contributed by atoms with van der Waals surface area (Å²) < 4.78 is 65.8. The highest BCUT2D eigenvalue weighted by atomic mass is 32.2. The molecule has 1 aliphatic rings. The fraction of sp³-hybridized carbons (Fsp3) is 0.258. The summed E-state index contributed by atoms with van der Waals surface area (Å²) in [6.45, 7) is 3.20. The third-order valence-corrected chi connectivity index (χ3v) is 9.86. The lowest BCUT2D eigenvalue weighted by Crippen LogP contribution is -2.36. The van der Waals surface area contributed by atoms with Crippen LogP contribution in [0, 0.1) is 11.6 Å². The molecule has 0 saturated carbocycles. The SMILES string of the molecule is CCn1ccc(S(=O)(=O)N2CCC(Cc3ccc(F)cc3)(c3cc4cnn(-c5ccc(F)cc5)c4cc3OC)C2)c1. The molecule has 0 amide bonds. The maximum absolute atomic E-state index is 13.8. The van der Waals surface area contributed by atoms with Crippen LogP contribution in [0.1, 0.15) is 24.5 Å². The van der Waals surface area contributed by atoms with Gasteiger partial charge in [-0.15, -0.1) is 0 Å². The van der Waals surface area contributed by atoms with Crippen molar-refractivity contribution in [1.29, 1.82) is 0 Å². The molecule has 2 aromatic heterocycles. The number of hydrogen-bond donors (Lipinski definition) is 0. The molecule has 1 atom stereocenters. The molecule has 0 N–H and O–H groups in total. The summed E-state index contributed by atoms with van der Waals surface area (Å²) in [7, 11) is -2.15. The van der Waals surface area contributed by atoms with E-state index >= 15 is 0 Å². The van der Waals surface area contributed by atoms with Gasteiger partial charge >= 0.3 is 0 Å². The molecule has 3 aromatic carbocycles. The lowest BCUT2D eigenvalue weighted by molar-refractivity contribution is 0.371. The van der Waals surface area contributed by atoms with E-state index in [9.17, 15) is 17.2 Å². The second kappa shape index (κ2) is 10.4. The van der Waals surface area contributed by atoms with Crippen LogP contribution < -0.4 is 4.74 Å². The van der Waals surface area contributed by atoms with Gasteiger partial charge in [-0.3, -0.25) is 0 Å². The van der Waals surface area contributed by atoms with E-state index in [1.54, 1.807) is 60.7 Å². The standard InChI is InChI=1S/C31H30F2N4O3S/c1-3-35-14-12-27(20-35)41(38,39)36-15-13-31(21-36,18-22-4-6-24(32)7-5-22)28-16-23-19-34-37(29(23)17-30(28)40-2)26-10-8-25(33)9-11-26/h4-12,14,16-17,19-20H,3,13,15,18,21H2,1-2H3. The quantitative estimate of drug-likeness (QED) is 0.237. The number of ether oxygens (including phenoxy) is 1. The fourth-order valence-electron chi connectivity index (χ4n) is 5.84. The molecule has 1 unspecified atom stereocenters. The normalized spacial score (nSPS) is 17.9. The number of benzene rings is 3. The van der Waals surface area contributed by atoms with Gasteiger partial charge in [0.05, 0.1) is 29.4 Å². The molecule has 6 rings (SSSR count). The number of sulfonamides is 1. The summed E-state index contributed by atoms with van der Waals surface area (Å²) in [5, 5.41) is 5.39. The van der Waals surface area contributed by atoms with Crippen molar-refractivity contribution in [3.63, 3.8) is 0 Å². The van der Waals surface area contributed by atoms with Crippen molar-refractivity contribution in [2.75, 3.05) is 20.2 Å². The number of rotatable bonds is 8. The van der Waals surface area contributed by atoms with Crippen LogP contribution in [-0.4, -0.2) is 47.3 Å². The number of fused-ring (bicyclic) bond motifs is 1. The Hall–Kier alpha value is -4.02. The molecule has 7 nitrogen and oxygen atoms in total. The average Bonchev–Trinajstić information content (AvgIpc) is 3.73. The monoisotopic (exact) mass is 576 g/mol.